The van der Waals surface area contributed by atoms with E-state index in [9.17, 15) is 4.79 Å². The van der Waals surface area contributed by atoms with Gasteiger partial charge in [0.05, 0.1) is 13.0 Å². The van der Waals surface area contributed by atoms with Gasteiger partial charge in [-0.1, -0.05) is 61.5 Å². The molecule has 140 valence electrons. The first kappa shape index (κ1) is 17.1. The second kappa shape index (κ2) is 6.52. The molecule has 1 N–H and O–H groups in total. The molecule has 0 heterocycles. The summed E-state index contributed by atoms with van der Waals surface area (Å²) in [6, 6.07) is 24.8. The summed E-state index contributed by atoms with van der Waals surface area (Å²) in [5.74, 6) is 1.32. The summed E-state index contributed by atoms with van der Waals surface area (Å²) in [7, 11) is 1.64. The van der Waals surface area contributed by atoms with E-state index < -0.39 is 0 Å². The Bertz CT molecular complexity index is 1010. The number of hydrogen-bond acceptors (Lipinski definition) is 2. The fourth-order valence-electron chi connectivity index (χ4n) is 5.27. The molecule has 3 nitrogen and oxygen atoms in total. The summed E-state index contributed by atoms with van der Waals surface area (Å²) in [4.78, 5) is 13.4. The summed E-state index contributed by atoms with van der Waals surface area (Å²) in [5.41, 5.74) is 6.14. The molecule has 0 saturated carbocycles. The molecule has 0 unspecified atom stereocenters. The van der Waals surface area contributed by atoms with Crippen molar-refractivity contribution in [3.8, 4) is 5.75 Å². The van der Waals surface area contributed by atoms with Crippen LogP contribution in [0.5, 0.6) is 5.75 Å². The highest BCUT2D eigenvalue weighted by molar-refractivity contribution is 5.95. The van der Waals surface area contributed by atoms with Crippen molar-refractivity contribution in [1.82, 2.24) is 0 Å². The van der Waals surface area contributed by atoms with Crippen LogP contribution in [0.4, 0.5) is 5.69 Å². The summed E-state index contributed by atoms with van der Waals surface area (Å²) >= 11 is 0. The number of anilines is 1. The number of benzene rings is 3. The average molecular weight is 369 g/mol. The molecule has 0 saturated heterocycles. The van der Waals surface area contributed by atoms with Gasteiger partial charge in [-0.3, -0.25) is 4.79 Å². The number of carbonyl (C=O) groups excluding carboxylic acids is 1. The number of ether oxygens (including phenoxy) is 1. The molecule has 0 fully saturated rings. The second-order valence-electron chi connectivity index (χ2n) is 7.82. The Morgan fingerprint density at radius 3 is 1.96 bits per heavy atom. The van der Waals surface area contributed by atoms with Crippen LogP contribution in [-0.2, 0) is 4.79 Å². The van der Waals surface area contributed by atoms with Crippen LogP contribution in [0, 0.1) is 11.8 Å². The lowest BCUT2D eigenvalue weighted by molar-refractivity contribution is -0.122. The van der Waals surface area contributed by atoms with E-state index >= 15 is 0 Å². The average Bonchev–Trinajstić information content (AvgIpc) is 2.73. The molecule has 2 atom stereocenters. The van der Waals surface area contributed by atoms with E-state index in [1.54, 1.807) is 7.11 Å². The van der Waals surface area contributed by atoms with E-state index in [1.807, 2.05) is 24.3 Å². The minimum atomic E-state index is -0.0963. The van der Waals surface area contributed by atoms with E-state index in [2.05, 4.69) is 60.8 Å². The standard InChI is InChI=1S/C25H23NO2/c1-15-22-18-10-3-5-12-20(18)24(21-13-6-4-11-19(21)22)23(15)25(27)26-16-8-7-9-17(14-16)28-2/h3-15,22-24H,1-2H3,(H,26,27)/t15-,22?,23+,24?/m0/s1. The molecule has 1 amide bonds. The fourth-order valence-corrected chi connectivity index (χ4v) is 5.27. The Morgan fingerprint density at radius 1 is 0.821 bits per heavy atom. The molecule has 2 bridgehead atoms. The maximum absolute atomic E-state index is 13.4. The van der Waals surface area contributed by atoms with Gasteiger partial charge in [0, 0.05) is 23.6 Å². The molecule has 0 aliphatic heterocycles. The normalized spacial score (nSPS) is 24.2. The van der Waals surface area contributed by atoms with Gasteiger partial charge in [-0.15, -0.1) is 0 Å². The second-order valence-corrected chi connectivity index (χ2v) is 7.82. The van der Waals surface area contributed by atoms with Gasteiger partial charge in [0.1, 0.15) is 5.75 Å². The Balaban J connectivity index is 1.57. The Morgan fingerprint density at radius 2 is 1.39 bits per heavy atom. The van der Waals surface area contributed by atoms with Gasteiger partial charge in [-0.2, -0.15) is 0 Å². The van der Waals surface area contributed by atoms with Crippen LogP contribution >= 0.6 is 0 Å². The zero-order valence-electron chi connectivity index (χ0n) is 16.1. The quantitative estimate of drug-likeness (QED) is 0.691. The number of nitrogens with one attached hydrogen (secondary N) is 1. The van der Waals surface area contributed by atoms with Crippen molar-refractivity contribution in [2.45, 2.75) is 18.8 Å². The van der Waals surface area contributed by atoms with E-state index in [1.165, 1.54) is 22.3 Å². The molecule has 0 radical (unpaired) electrons. The van der Waals surface area contributed by atoms with Gasteiger partial charge >= 0.3 is 0 Å². The number of rotatable bonds is 3. The van der Waals surface area contributed by atoms with Crippen LogP contribution in [0.2, 0.25) is 0 Å². The van der Waals surface area contributed by atoms with Crippen molar-refractivity contribution < 1.29 is 9.53 Å². The lowest BCUT2D eigenvalue weighted by Crippen LogP contribution is -2.44. The van der Waals surface area contributed by atoms with E-state index in [0.717, 1.165) is 11.4 Å². The topological polar surface area (TPSA) is 38.3 Å². The smallest absolute Gasteiger partial charge is 0.228 e. The molecule has 0 aromatic heterocycles. The lowest BCUT2D eigenvalue weighted by Gasteiger charge is -2.49. The van der Waals surface area contributed by atoms with Crippen molar-refractivity contribution in [1.29, 1.82) is 0 Å². The number of amides is 1. The SMILES string of the molecule is COc1cccc(NC(=O)[C@H]2C3c4ccccc4C(c4ccccc43)[C@@H]2C)c1. The molecule has 3 heteroatoms. The Hall–Kier alpha value is -3.07. The van der Waals surface area contributed by atoms with Crippen molar-refractivity contribution in [3.63, 3.8) is 0 Å². The molecule has 3 aliphatic rings. The summed E-state index contributed by atoms with van der Waals surface area (Å²) in [6.07, 6.45) is 0. The van der Waals surface area contributed by atoms with Gasteiger partial charge in [-0.05, 0) is 40.3 Å². The summed E-state index contributed by atoms with van der Waals surface area (Å²) in [5, 5.41) is 3.14. The molecular formula is C25H23NO2. The van der Waals surface area contributed by atoms with E-state index in [-0.39, 0.29) is 29.6 Å². The summed E-state index contributed by atoms with van der Waals surface area (Å²) < 4.78 is 5.29. The molecule has 3 aromatic carbocycles. The third kappa shape index (κ3) is 2.46. The zero-order valence-corrected chi connectivity index (χ0v) is 16.1. The van der Waals surface area contributed by atoms with Crippen molar-refractivity contribution in [2.24, 2.45) is 11.8 Å². The van der Waals surface area contributed by atoms with E-state index in [4.69, 9.17) is 4.74 Å². The number of fused-ring (bicyclic) bond motifs is 1. The lowest BCUT2D eigenvalue weighted by atomic mass is 9.54. The highest BCUT2D eigenvalue weighted by Crippen LogP contribution is 2.58. The monoisotopic (exact) mass is 369 g/mol. The third-order valence-electron chi connectivity index (χ3n) is 6.42. The van der Waals surface area contributed by atoms with E-state index in [0.29, 0.717) is 0 Å². The number of hydrogen-bond donors (Lipinski definition) is 1. The molecular weight excluding hydrogens is 346 g/mol. The molecule has 3 aliphatic carbocycles. The van der Waals surface area contributed by atoms with Gasteiger partial charge in [-0.25, -0.2) is 0 Å². The maximum atomic E-state index is 13.4. The first-order valence-electron chi connectivity index (χ1n) is 9.81. The van der Waals surface area contributed by atoms with Gasteiger partial charge in [0.2, 0.25) is 5.91 Å². The van der Waals surface area contributed by atoms with Gasteiger partial charge in [0.25, 0.3) is 0 Å². The van der Waals surface area contributed by atoms with Crippen LogP contribution in [0.25, 0.3) is 0 Å². The zero-order chi connectivity index (χ0) is 19.3. The largest absolute Gasteiger partial charge is 0.497 e. The fraction of sp³-hybridized carbons (Fsp3) is 0.240. The van der Waals surface area contributed by atoms with Crippen LogP contribution in [0.15, 0.2) is 72.8 Å². The molecule has 28 heavy (non-hydrogen) atoms. The molecule has 3 aromatic rings. The van der Waals surface area contributed by atoms with Crippen molar-refractivity contribution >= 4 is 11.6 Å². The van der Waals surface area contributed by atoms with Crippen LogP contribution < -0.4 is 10.1 Å². The molecule has 6 rings (SSSR count). The number of carbonyl (C=O) groups is 1. The van der Waals surface area contributed by atoms with Crippen molar-refractivity contribution in [3.05, 3.63) is 95.1 Å². The predicted molar refractivity (Wildman–Crippen MR) is 111 cm³/mol. The highest BCUT2D eigenvalue weighted by Gasteiger charge is 2.50. The summed E-state index contributed by atoms with van der Waals surface area (Å²) in [6.45, 7) is 2.22. The molecule has 0 spiro atoms. The third-order valence-corrected chi connectivity index (χ3v) is 6.42. The van der Waals surface area contributed by atoms with Crippen molar-refractivity contribution in [2.75, 3.05) is 12.4 Å². The van der Waals surface area contributed by atoms with Crippen LogP contribution in [-0.4, -0.2) is 13.0 Å². The van der Waals surface area contributed by atoms with Crippen LogP contribution in [0.3, 0.4) is 0 Å². The first-order valence-corrected chi connectivity index (χ1v) is 9.81. The highest BCUT2D eigenvalue weighted by atomic mass is 16.5. The minimum Gasteiger partial charge on any atom is -0.497 e. The maximum Gasteiger partial charge on any atom is 0.228 e. The first-order chi connectivity index (χ1) is 13.7. The number of methoxy groups -OCH3 is 1. The van der Waals surface area contributed by atoms with Crippen LogP contribution in [0.1, 0.15) is 41.0 Å². The van der Waals surface area contributed by atoms with Gasteiger partial charge in [0.15, 0.2) is 0 Å². The Kier molecular flexibility index (Phi) is 3.97. The van der Waals surface area contributed by atoms with Gasteiger partial charge < -0.3 is 10.1 Å². The Labute approximate surface area is 165 Å². The predicted octanol–water partition coefficient (Wildman–Crippen LogP) is 5.18. The minimum absolute atomic E-state index is 0.0831.